The molecule has 1 fully saturated rings. The third-order valence-corrected chi connectivity index (χ3v) is 6.32. The van der Waals surface area contributed by atoms with Gasteiger partial charge in [0.2, 0.25) is 5.91 Å². The van der Waals surface area contributed by atoms with Gasteiger partial charge in [-0.2, -0.15) is 0 Å². The average Bonchev–Trinajstić information content (AvgIpc) is 3.01. The molecule has 28 heavy (non-hydrogen) atoms. The quantitative estimate of drug-likeness (QED) is 0.649. The predicted octanol–water partition coefficient (Wildman–Crippen LogP) is 5.51. The zero-order valence-electron chi connectivity index (χ0n) is 17.1. The van der Waals surface area contributed by atoms with Crippen LogP contribution in [-0.2, 0) is 10.2 Å². The molecule has 1 heterocycles. The Balaban J connectivity index is 1.88. The van der Waals surface area contributed by atoms with Crippen LogP contribution in [0.4, 0.5) is 5.69 Å². The Morgan fingerprint density at radius 3 is 2.21 bits per heavy atom. The van der Waals surface area contributed by atoms with Crippen LogP contribution in [0, 0.1) is 5.41 Å². The Morgan fingerprint density at radius 1 is 0.893 bits per heavy atom. The van der Waals surface area contributed by atoms with Gasteiger partial charge in [-0.25, -0.2) is 0 Å². The van der Waals surface area contributed by atoms with Crippen molar-refractivity contribution >= 4 is 17.4 Å². The highest BCUT2D eigenvalue weighted by Crippen LogP contribution is 2.51. The normalized spacial score (nSPS) is 18.2. The SMILES string of the molecule is CC(C)(C)C(=O)N1CC2(CCCCC2)c2cccc(C(=O)c3ccccc3)c21. The smallest absolute Gasteiger partial charge is 0.232 e. The van der Waals surface area contributed by atoms with Crippen molar-refractivity contribution in [2.24, 2.45) is 5.41 Å². The van der Waals surface area contributed by atoms with Crippen LogP contribution in [0.1, 0.15) is 74.4 Å². The summed E-state index contributed by atoms with van der Waals surface area (Å²) in [6, 6.07) is 15.4. The molecule has 0 N–H and O–H groups in total. The van der Waals surface area contributed by atoms with Crippen LogP contribution in [0.25, 0.3) is 0 Å². The topological polar surface area (TPSA) is 37.4 Å². The second kappa shape index (κ2) is 6.88. The summed E-state index contributed by atoms with van der Waals surface area (Å²) in [6.45, 7) is 6.59. The van der Waals surface area contributed by atoms with E-state index >= 15 is 0 Å². The van der Waals surface area contributed by atoms with Gasteiger partial charge in [0, 0.05) is 28.5 Å². The van der Waals surface area contributed by atoms with Crippen molar-refractivity contribution in [3.8, 4) is 0 Å². The molecule has 1 aliphatic carbocycles. The van der Waals surface area contributed by atoms with Crippen LogP contribution in [0.3, 0.4) is 0 Å². The van der Waals surface area contributed by atoms with Gasteiger partial charge in [0.25, 0.3) is 0 Å². The third kappa shape index (κ3) is 3.07. The Hall–Kier alpha value is -2.42. The van der Waals surface area contributed by atoms with Gasteiger partial charge in [0.15, 0.2) is 5.78 Å². The van der Waals surface area contributed by atoms with Crippen LogP contribution >= 0.6 is 0 Å². The van der Waals surface area contributed by atoms with Crippen LogP contribution in [0.5, 0.6) is 0 Å². The van der Waals surface area contributed by atoms with E-state index in [4.69, 9.17) is 0 Å². The Labute approximate surface area is 167 Å². The summed E-state index contributed by atoms with van der Waals surface area (Å²) in [5, 5.41) is 0. The van der Waals surface area contributed by atoms with E-state index in [2.05, 4.69) is 6.07 Å². The first-order valence-corrected chi connectivity index (χ1v) is 10.4. The summed E-state index contributed by atoms with van der Waals surface area (Å²) in [6.07, 6.45) is 5.82. The molecule has 0 aromatic heterocycles. The van der Waals surface area contributed by atoms with E-state index in [1.807, 2.05) is 68.1 Å². The van der Waals surface area contributed by atoms with Gasteiger partial charge in [0.1, 0.15) is 0 Å². The third-order valence-electron chi connectivity index (χ3n) is 6.32. The maximum Gasteiger partial charge on any atom is 0.232 e. The Bertz CT molecular complexity index is 902. The van der Waals surface area contributed by atoms with E-state index in [0.29, 0.717) is 17.7 Å². The van der Waals surface area contributed by atoms with E-state index in [0.717, 1.165) is 18.5 Å². The van der Waals surface area contributed by atoms with Gasteiger partial charge in [-0.3, -0.25) is 9.59 Å². The number of amides is 1. The van der Waals surface area contributed by atoms with Crippen LogP contribution < -0.4 is 4.90 Å². The largest absolute Gasteiger partial charge is 0.310 e. The number of carbonyl (C=O) groups excluding carboxylic acids is 2. The molecule has 3 heteroatoms. The van der Waals surface area contributed by atoms with Crippen molar-refractivity contribution in [3.63, 3.8) is 0 Å². The molecule has 1 amide bonds. The van der Waals surface area contributed by atoms with Gasteiger partial charge in [-0.15, -0.1) is 0 Å². The van der Waals surface area contributed by atoms with E-state index < -0.39 is 5.41 Å². The van der Waals surface area contributed by atoms with Gasteiger partial charge < -0.3 is 4.90 Å². The van der Waals surface area contributed by atoms with E-state index in [1.165, 1.54) is 24.8 Å². The number of anilines is 1. The second-order valence-corrected chi connectivity index (χ2v) is 9.38. The molecule has 0 radical (unpaired) electrons. The van der Waals surface area contributed by atoms with Crippen LogP contribution in [0.2, 0.25) is 0 Å². The van der Waals surface area contributed by atoms with E-state index in [9.17, 15) is 9.59 Å². The molecular weight excluding hydrogens is 346 g/mol. The molecule has 146 valence electrons. The highest BCUT2D eigenvalue weighted by Gasteiger charge is 2.48. The predicted molar refractivity (Wildman–Crippen MR) is 113 cm³/mol. The summed E-state index contributed by atoms with van der Waals surface area (Å²) >= 11 is 0. The summed E-state index contributed by atoms with van der Waals surface area (Å²) in [5.74, 6) is 0.0986. The fourth-order valence-electron chi connectivity index (χ4n) is 4.89. The number of benzene rings is 2. The molecule has 0 unspecified atom stereocenters. The lowest BCUT2D eigenvalue weighted by molar-refractivity contribution is -0.125. The highest BCUT2D eigenvalue weighted by atomic mass is 16.2. The molecule has 0 atom stereocenters. The molecule has 1 saturated carbocycles. The summed E-state index contributed by atoms with van der Waals surface area (Å²) in [7, 11) is 0. The minimum atomic E-state index is -0.486. The standard InChI is InChI=1S/C25H29NO2/c1-24(2,3)23(28)26-17-25(15-8-5-9-16-25)20-14-10-13-19(21(20)26)22(27)18-11-6-4-7-12-18/h4,6-7,10-14H,5,8-9,15-17H2,1-3H3. The van der Waals surface area contributed by atoms with E-state index in [1.54, 1.807) is 0 Å². The van der Waals surface area contributed by atoms with Gasteiger partial charge >= 0.3 is 0 Å². The number of fused-ring (bicyclic) bond motifs is 2. The van der Waals surface area contributed by atoms with Crippen molar-refractivity contribution in [2.75, 3.05) is 11.4 Å². The Morgan fingerprint density at radius 2 is 1.57 bits per heavy atom. The fourth-order valence-corrected chi connectivity index (χ4v) is 4.89. The fraction of sp³-hybridized carbons (Fsp3) is 0.440. The second-order valence-electron chi connectivity index (χ2n) is 9.38. The number of hydrogen-bond acceptors (Lipinski definition) is 2. The molecule has 0 saturated heterocycles. The number of rotatable bonds is 2. The maximum atomic E-state index is 13.4. The number of para-hydroxylation sites is 1. The van der Waals surface area contributed by atoms with Gasteiger partial charge in [-0.05, 0) is 24.5 Å². The summed E-state index contributed by atoms with van der Waals surface area (Å²) in [4.78, 5) is 28.7. The minimum absolute atomic E-state index is 0.00146. The molecule has 2 aromatic rings. The zero-order valence-corrected chi connectivity index (χ0v) is 17.1. The van der Waals surface area contributed by atoms with Gasteiger partial charge in [0.05, 0.1) is 5.69 Å². The molecule has 4 rings (SSSR count). The molecule has 2 aliphatic rings. The number of hydrogen-bond donors (Lipinski definition) is 0. The molecule has 3 nitrogen and oxygen atoms in total. The molecule has 1 spiro atoms. The number of carbonyl (C=O) groups is 2. The summed E-state index contributed by atoms with van der Waals surface area (Å²) in [5.41, 5.74) is 2.90. The minimum Gasteiger partial charge on any atom is -0.310 e. The van der Waals surface area contributed by atoms with Crippen molar-refractivity contribution in [3.05, 3.63) is 65.2 Å². The van der Waals surface area contributed by atoms with Crippen molar-refractivity contribution < 1.29 is 9.59 Å². The monoisotopic (exact) mass is 375 g/mol. The van der Waals surface area contributed by atoms with E-state index in [-0.39, 0.29) is 17.1 Å². The number of nitrogens with zero attached hydrogens (tertiary/aromatic N) is 1. The Kier molecular flexibility index (Phi) is 4.65. The highest BCUT2D eigenvalue weighted by molar-refractivity contribution is 6.15. The first kappa shape index (κ1) is 18.9. The number of ketones is 1. The summed E-state index contributed by atoms with van der Waals surface area (Å²) < 4.78 is 0. The lowest BCUT2D eigenvalue weighted by atomic mass is 9.70. The maximum absolute atomic E-state index is 13.4. The van der Waals surface area contributed by atoms with Crippen molar-refractivity contribution in [1.29, 1.82) is 0 Å². The molecule has 1 aliphatic heterocycles. The zero-order chi connectivity index (χ0) is 19.9. The molecular formula is C25H29NO2. The molecule has 0 bridgehead atoms. The lowest BCUT2D eigenvalue weighted by Gasteiger charge is -2.35. The lowest BCUT2D eigenvalue weighted by Crippen LogP contribution is -2.43. The average molecular weight is 376 g/mol. The van der Waals surface area contributed by atoms with Crippen molar-refractivity contribution in [1.82, 2.24) is 0 Å². The molecule has 2 aromatic carbocycles. The first-order chi connectivity index (χ1) is 13.3. The van der Waals surface area contributed by atoms with Crippen LogP contribution in [-0.4, -0.2) is 18.2 Å². The van der Waals surface area contributed by atoms with Gasteiger partial charge in [-0.1, -0.05) is 82.5 Å². The van der Waals surface area contributed by atoms with Crippen molar-refractivity contribution in [2.45, 2.75) is 58.3 Å². The van der Waals surface area contributed by atoms with Crippen LogP contribution in [0.15, 0.2) is 48.5 Å². The first-order valence-electron chi connectivity index (χ1n) is 10.4.